The Bertz CT molecular complexity index is 498. The van der Waals surface area contributed by atoms with E-state index in [1.165, 1.54) is 0 Å². The van der Waals surface area contributed by atoms with Crippen LogP contribution in [0.1, 0.15) is 18.4 Å². The van der Waals surface area contributed by atoms with Crippen molar-refractivity contribution in [2.24, 2.45) is 5.73 Å². The normalized spacial score (nSPS) is 13.3. The van der Waals surface area contributed by atoms with Crippen molar-refractivity contribution in [3.63, 3.8) is 0 Å². The highest BCUT2D eigenvalue weighted by Gasteiger charge is 2.06. The molecule has 1 unspecified atom stereocenters. The van der Waals surface area contributed by atoms with Gasteiger partial charge >= 0.3 is 5.76 Å². The molecule has 0 spiro atoms. The summed E-state index contributed by atoms with van der Waals surface area (Å²) in [5, 5.41) is 0. The number of benzene rings is 1. The maximum atomic E-state index is 10.9. The Balaban J connectivity index is 2.55. The van der Waals surface area contributed by atoms with Gasteiger partial charge < -0.3 is 10.2 Å². The lowest BCUT2D eigenvalue weighted by Crippen LogP contribution is -2.08. The average molecular weight is 192 g/mol. The van der Waals surface area contributed by atoms with Crippen molar-refractivity contribution in [2.45, 2.75) is 12.8 Å². The molecule has 0 aliphatic carbocycles. The monoisotopic (exact) mass is 192 g/mol. The summed E-state index contributed by atoms with van der Waals surface area (Å²) in [4.78, 5) is 13.5. The third-order valence-corrected chi connectivity index (χ3v) is 2.37. The molecule has 0 aliphatic rings. The molecule has 1 heterocycles. The molecule has 3 N–H and O–H groups in total. The third-order valence-electron chi connectivity index (χ3n) is 2.37. The molecule has 4 nitrogen and oxygen atoms in total. The summed E-state index contributed by atoms with van der Waals surface area (Å²) in [6.45, 7) is 2.62. The van der Waals surface area contributed by atoms with Gasteiger partial charge in [-0.25, -0.2) is 4.79 Å². The van der Waals surface area contributed by atoms with Gasteiger partial charge in [0.1, 0.15) is 0 Å². The predicted molar refractivity (Wildman–Crippen MR) is 54.3 cm³/mol. The Morgan fingerprint density at radius 2 is 2.36 bits per heavy atom. The van der Waals surface area contributed by atoms with Gasteiger partial charge in [0, 0.05) is 0 Å². The van der Waals surface area contributed by atoms with Crippen LogP contribution in [0.5, 0.6) is 0 Å². The maximum absolute atomic E-state index is 10.9. The van der Waals surface area contributed by atoms with Gasteiger partial charge in [0.15, 0.2) is 5.58 Å². The lowest BCUT2D eigenvalue weighted by Gasteiger charge is -2.07. The first kappa shape index (κ1) is 9.02. The van der Waals surface area contributed by atoms with Gasteiger partial charge in [-0.3, -0.25) is 4.98 Å². The van der Waals surface area contributed by atoms with Gasteiger partial charge in [0.25, 0.3) is 0 Å². The van der Waals surface area contributed by atoms with E-state index in [-0.39, 0.29) is 5.92 Å². The summed E-state index contributed by atoms with van der Waals surface area (Å²) in [7, 11) is 0. The summed E-state index contributed by atoms with van der Waals surface area (Å²) >= 11 is 0. The van der Waals surface area contributed by atoms with E-state index in [2.05, 4.69) is 4.98 Å². The van der Waals surface area contributed by atoms with Crippen molar-refractivity contribution in [3.8, 4) is 0 Å². The van der Waals surface area contributed by atoms with Gasteiger partial charge in [-0.1, -0.05) is 13.0 Å². The van der Waals surface area contributed by atoms with Gasteiger partial charge in [-0.2, -0.15) is 0 Å². The van der Waals surface area contributed by atoms with Crippen LogP contribution < -0.4 is 11.5 Å². The number of hydrogen-bond acceptors (Lipinski definition) is 3. The molecule has 0 fully saturated rings. The summed E-state index contributed by atoms with van der Waals surface area (Å²) in [6.07, 6.45) is 0. The quantitative estimate of drug-likeness (QED) is 0.750. The molecule has 0 bridgehead atoms. The summed E-state index contributed by atoms with van der Waals surface area (Å²) in [5.74, 6) is -0.142. The molecular weight excluding hydrogens is 180 g/mol. The molecule has 1 aromatic heterocycles. The van der Waals surface area contributed by atoms with E-state index in [0.29, 0.717) is 12.1 Å². The molecule has 4 heteroatoms. The molecule has 74 valence electrons. The molecule has 0 aliphatic heterocycles. The van der Waals surface area contributed by atoms with Crippen LogP contribution in [0.25, 0.3) is 11.1 Å². The van der Waals surface area contributed by atoms with Gasteiger partial charge in [0.2, 0.25) is 0 Å². The van der Waals surface area contributed by atoms with Gasteiger partial charge in [-0.15, -0.1) is 0 Å². The van der Waals surface area contributed by atoms with E-state index >= 15 is 0 Å². The number of aromatic amines is 1. The lowest BCUT2D eigenvalue weighted by atomic mass is 10.0. The largest absolute Gasteiger partial charge is 0.417 e. The number of aromatic nitrogens is 1. The highest BCUT2D eigenvalue weighted by molar-refractivity contribution is 5.72. The predicted octanol–water partition coefficient (Wildman–Crippen LogP) is 1.18. The van der Waals surface area contributed by atoms with E-state index < -0.39 is 5.76 Å². The fourth-order valence-corrected chi connectivity index (χ4v) is 1.40. The Hall–Kier alpha value is -1.55. The van der Waals surface area contributed by atoms with Crippen LogP contribution >= 0.6 is 0 Å². The highest BCUT2D eigenvalue weighted by Crippen LogP contribution is 2.18. The zero-order valence-electron chi connectivity index (χ0n) is 7.91. The standard InChI is InChI=1S/C10H12N2O2/c1-6(5-11)7-2-3-8-9(4-7)14-10(13)12-8/h2-4,6H,5,11H2,1H3,(H,12,13). The zero-order valence-corrected chi connectivity index (χ0v) is 7.91. The summed E-state index contributed by atoms with van der Waals surface area (Å²) in [6, 6.07) is 5.64. The van der Waals surface area contributed by atoms with Crippen molar-refractivity contribution >= 4 is 11.1 Å². The number of fused-ring (bicyclic) bond motifs is 1. The molecule has 0 saturated carbocycles. The number of rotatable bonds is 2. The molecule has 2 rings (SSSR count). The molecule has 2 aromatic rings. The first-order chi connectivity index (χ1) is 6.70. The van der Waals surface area contributed by atoms with E-state index in [1.54, 1.807) is 0 Å². The third kappa shape index (κ3) is 1.44. The number of H-pyrrole nitrogens is 1. The van der Waals surface area contributed by atoms with Crippen molar-refractivity contribution in [1.82, 2.24) is 4.98 Å². The van der Waals surface area contributed by atoms with E-state index in [9.17, 15) is 4.79 Å². The Morgan fingerprint density at radius 3 is 3.07 bits per heavy atom. The van der Waals surface area contributed by atoms with Crippen LogP contribution in [-0.2, 0) is 0 Å². The van der Waals surface area contributed by atoms with Crippen LogP contribution in [0.15, 0.2) is 27.4 Å². The maximum Gasteiger partial charge on any atom is 0.417 e. The van der Waals surface area contributed by atoms with E-state index in [4.69, 9.17) is 10.2 Å². The van der Waals surface area contributed by atoms with Crippen molar-refractivity contribution in [3.05, 3.63) is 34.3 Å². The first-order valence-corrected chi connectivity index (χ1v) is 4.53. The van der Waals surface area contributed by atoms with Crippen LogP contribution in [0.4, 0.5) is 0 Å². The second kappa shape index (κ2) is 3.31. The fourth-order valence-electron chi connectivity index (χ4n) is 1.40. The van der Waals surface area contributed by atoms with Crippen LogP contribution in [0, 0.1) is 0 Å². The average Bonchev–Trinajstić information content (AvgIpc) is 2.55. The molecule has 0 radical (unpaired) electrons. The molecule has 1 aromatic carbocycles. The minimum atomic E-state index is -0.419. The number of hydrogen-bond donors (Lipinski definition) is 2. The second-order valence-corrected chi connectivity index (χ2v) is 3.41. The topological polar surface area (TPSA) is 72.0 Å². The Morgan fingerprint density at radius 1 is 1.57 bits per heavy atom. The molecule has 14 heavy (non-hydrogen) atoms. The summed E-state index contributed by atoms with van der Waals surface area (Å²) in [5.41, 5.74) is 7.95. The SMILES string of the molecule is CC(CN)c1ccc2[nH]c(=O)oc2c1. The van der Waals surface area contributed by atoms with Gasteiger partial charge in [0.05, 0.1) is 5.52 Å². The van der Waals surface area contributed by atoms with E-state index in [1.807, 2.05) is 25.1 Å². The second-order valence-electron chi connectivity index (χ2n) is 3.41. The first-order valence-electron chi connectivity index (χ1n) is 4.53. The molecule has 0 amide bonds. The Labute approximate surface area is 80.7 Å². The van der Waals surface area contributed by atoms with E-state index in [0.717, 1.165) is 11.1 Å². The van der Waals surface area contributed by atoms with Crippen molar-refractivity contribution < 1.29 is 4.42 Å². The smallest absolute Gasteiger partial charge is 0.408 e. The van der Waals surface area contributed by atoms with Crippen molar-refractivity contribution in [1.29, 1.82) is 0 Å². The molecule has 1 atom stereocenters. The minimum Gasteiger partial charge on any atom is -0.408 e. The summed E-state index contributed by atoms with van der Waals surface area (Å²) < 4.78 is 4.95. The Kier molecular flexibility index (Phi) is 2.13. The van der Waals surface area contributed by atoms with Crippen molar-refractivity contribution in [2.75, 3.05) is 6.54 Å². The van der Waals surface area contributed by atoms with Crippen LogP contribution in [0.3, 0.4) is 0 Å². The molecular formula is C10H12N2O2. The van der Waals surface area contributed by atoms with Crippen LogP contribution in [0.2, 0.25) is 0 Å². The van der Waals surface area contributed by atoms with Crippen LogP contribution in [-0.4, -0.2) is 11.5 Å². The number of nitrogens with two attached hydrogens (primary N) is 1. The minimum absolute atomic E-state index is 0.277. The number of nitrogens with one attached hydrogen (secondary N) is 1. The molecule has 0 saturated heterocycles. The lowest BCUT2D eigenvalue weighted by molar-refractivity contribution is 0.554. The fraction of sp³-hybridized carbons (Fsp3) is 0.300. The zero-order chi connectivity index (χ0) is 10.1. The number of oxazole rings is 1. The highest BCUT2D eigenvalue weighted by atomic mass is 16.4. The van der Waals surface area contributed by atoms with Gasteiger partial charge in [-0.05, 0) is 30.2 Å².